The SMILES string of the molecule is O=C(Nc1ccccn1)[C@@H](c1ccccc1)N1Cc2ccccc2C1=O.[HH]. The number of benzene rings is 2. The highest BCUT2D eigenvalue weighted by Crippen LogP contribution is 2.32. The topological polar surface area (TPSA) is 62.3 Å². The first-order valence-electron chi connectivity index (χ1n) is 8.40. The number of nitrogens with zero attached hydrogens (tertiary/aromatic N) is 2. The maximum atomic E-state index is 13.1. The monoisotopic (exact) mass is 345 g/mol. The Balaban J connectivity index is 0.00000210. The summed E-state index contributed by atoms with van der Waals surface area (Å²) in [6.45, 7) is 0.407. The van der Waals surface area contributed by atoms with Gasteiger partial charge in [-0.15, -0.1) is 0 Å². The zero-order valence-electron chi connectivity index (χ0n) is 14.0. The van der Waals surface area contributed by atoms with Crippen LogP contribution in [0.4, 0.5) is 5.82 Å². The van der Waals surface area contributed by atoms with Crippen LogP contribution in [0.1, 0.15) is 29.0 Å². The van der Waals surface area contributed by atoms with Gasteiger partial charge in [-0.05, 0) is 29.3 Å². The number of amides is 2. The minimum Gasteiger partial charge on any atom is -0.318 e. The fraction of sp³-hybridized carbons (Fsp3) is 0.0952. The number of anilines is 1. The molecule has 0 unspecified atom stereocenters. The summed E-state index contributed by atoms with van der Waals surface area (Å²) in [5.41, 5.74) is 2.35. The van der Waals surface area contributed by atoms with Crippen LogP contribution in [0.5, 0.6) is 0 Å². The fourth-order valence-electron chi connectivity index (χ4n) is 3.22. The molecule has 1 N–H and O–H groups in total. The van der Waals surface area contributed by atoms with Crippen molar-refractivity contribution in [2.24, 2.45) is 0 Å². The molecule has 1 aliphatic rings. The summed E-state index contributed by atoms with van der Waals surface area (Å²) >= 11 is 0. The van der Waals surface area contributed by atoms with Crippen LogP contribution in [0.2, 0.25) is 0 Å². The van der Waals surface area contributed by atoms with Crippen molar-refractivity contribution in [1.82, 2.24) is 9.88 Å². The molecule has 2 amide bonds. The van der Waals surface area contributed by atoms with Gasteiger partial charge in [0.25, 0.3) is 11.8 Å². The minimum atomic E-state index is -0.724. The molecule has 5 heteroatoms. The van der Waals surface area contributed by atoms with Crippen molar-refractivity contribution in [3.63, 3.8) is 0 Å². The quantitative estimate of drug-likeness (QED) is 0.785. The zero-order chi connectivity index (χ0) is 17.9. The lowest BCUT2D eigenvalue weighted by molar-refractivity contribution is -0.120. The van der Waals surface area contributed by atoms with E-state index in [1.165, 1.54) is 0 Å². The van der Waals surface area contributed by atoms with Gasteiger partial charge >= 0.3 is 0 Å². The first-order chi connectivity index (χ1) is 12.7. The Bertz CT molecular complexity index is 948. The molecule has 0 saturated heterocycles. The van der Waals surface area contributed by atoms with Crippen molar-refractivity contribution in [1.29, 1.82) is 0 Å². The molecule has 0 bridgehead atoms. The molecule has 4 rings (SSSR count). The average molecular weight is 345 g/mol. The van der Waals surface area contributed by atoms with E-state index < -0.39 is 6.04 Å². The van der Waals surface area contributed by atoms with Crippen LogP contribution < -0.4 is 5.32 Å². The Morgan fingerprint density at radius 3 is 2.46 bits per heavy atom. The molecule has 2 aromatic carbocycles. The molecule has 0 saturated carbocycles. The van der Waals surface area contributed by atoms with Crippen LogP contribution in [0, 0.1) is 0 Å². The number of hydrogen-bond donors (Lipinski definition) is 1. The highest BCUT2D eigenvalue weighted by molar-refractivity contribution is 6.03. The van der Waals surface area contributed by atoms with Crippen LogP contribution in [0.3, 0.4) is 0 Å². The van der Waals surface area contributed by atoms with E-state index in [0.29, 0.717) is 17.9 Å². The third-order valence-electron chi connectivity index (χ3n) is 4.44. The number of carbonyl (C=O) groups is 2. The second kappa shape index (κ2) is 6.80. The Morgan fingerprint density at radius 2 is 1.73 bits per heavy atom. The summed E-state index contributed by atoms with van der Waals surface area (Å²) in [6, 6.07) is 21.4. The second-order valence-electron chi connectivity index (χ2n) is 6.11. The highest BCUT2D eigenvalue weighted by atomic mass is 16.2. The van der Waals surface area contributed by atoms with Gasteiger partial charge in [-0.25, -0.2) is 4.98 Å². The Kier molecular flexibility index (Phi) is 4.19. The first kappa shape index (κ1) is 16.0. The first-order valence-corrected chi connectivity index (χ1v) is 8.40. The van der Waals surface area contributed by atoms with Crippen molar-refractivity contribution in [2.45, 2.75) is 12.6 Å². The lowest BCUT2D eigenvalue weighted by atomic mass is 10.0. The van der Waals surface area contributed by atoms with Gasteiger partial charge in [0.1, 0.15) is 11.9 Å². The molecule has 2 heterocycles. The third kappa shape index (κ3) is 2.95. The van der Waals surface area contributed by atoms with Gasteiger partial charge < -0.3 is 10.2 Å². The van der Waals surface area contributed by atoms with Crippen LogP contribution in [0.25, 0.3) is 0 Å². The van der Waals surface area contributed by atoms with E-state index in [4.69, 9.17) is 0 Å². The molecular weight excluding hydrogens is 326 g/mol. The van der Waals surface area contributed by atoms with Gasteiger partial charge in [0.15, 0.2) is 0 Å². The summed E-state index contributed by atoms with van der Waals surface area (Å²) in [5.74, 6) is 0.0456. The number of pyridine rings is 1. The van der Waals surface area contributed by atoms with Crippen molar-refractivity contribution >= 4 is 17.6 Å². The number of aromatic nitrogens is 1. The molecule has 0 radical (unpaired) electrons. The largest absolute Gasteiger partial charge is 0.318 e. The lowest BCUT2D eigenvalue weighted by Gasteiger charge is -2.27. The number of nitrogens with one attached hydrogen (secondary N) is 1. The molecule has 1 atom stereocenters. The van der Waals surface area contributed by atoms with E-state index in [0.717, 1.165) is 11.1 Å². The third-order valence-corrected chi connectivity index (χ3v) is 4.44. The second-order valence-corrected chi connectivity index (χ2v) is 6.11. The molecule has 0 fully saturated rings. The minimum absolute atomic E-state index is 0. The molecular formula is C21H19N3O2. The van der Waals surface area contributed by atoms with Gasteiger partial charge in [0, 0.05) is 19.7 Å². The van der Waals surface area contributed by atoms with E-state index in [-0.39, 0.29) is 13.2 Å². The van der Waals surface area contributed by atoms with Crippen LogP contribution in [-0.4, -0.2) is 21.7 Å². The van der Waals surface area contributed by atoms with E-state index in [9.17, 15) is 9.59 Å². The van der Waals surface area contributed by atoms with Crippen molar-refractivity contribution in [2.75, 3.05) is 5.32 Å². The summed E-state index contributed by atoms with van der Waals surface area (Å²) in [4.78, 5) is 31.7. The van der Waals surface area contributed by atoms with E-state index in [1.807, 2.05) is 48.5 Å². The van der Waals surface area contributed by atoms with Crippen molar-refractivity contribution in [3.8, 4) is 0 Å². The van der Waals surface area contributed by atoms with E-state index >= 15 is 0 Å². The van der Waals surface area contributed by atoms with Gasteiger partial charge in [0.2, 0.25) is 0 Å². The number of fused-ring (bicyclic) bond motifs is 1. The van der Waals surface area contributed by atoms with Gasteiger partial charge in [0.05, 0.1) is 0 Å². The molecule has 0 aliphatic carbocycles. The predicted molar refractivity (Wildman–Crippen MR) is 100 cm³/mol. The highest BCUT2D eigenvalue weighted by Gasteiger charge is 2.37. The van der Waals surface area contributed by atoms with Crippen molar-refractivity contribution in [3.05, 3.63) is 95.7 Å². The normalized spacial score (nSPS) is 14.0. The Morgan fingerprint density at radius 1 is 1.00 bits per heavy atom. The van der Waals surface area contributed by atoms with Crippen molar-refractivity contribution < 1.29 is 11.0 Å². The zero-order valence-corrected chi connectivity index (χ0v) is 14.0. The standard InChI is InChI=1S/C21H17N3O2.H2/c25-20(23-18-12-6-7-13-22-18)19(15-8-2-1-3-9-15)24-14-16-10-4-5-11-17(16)21(24)26;/h1-13,19H,14H2,(H,22,23,25);1H/t19-;/m1./s1. The van der Waals surface area contributed by atoms with Crippen LogP contribution in [0.15, 0.2) is 79.0 Å². The number of hydrogen-bond acceptors (Lipinski definition) is 3. The van der Waals surface area contributed by atoms with Crippen LogP contribution in [-0.2, 0) is 11.3 Å². The Hall–Kier alpha value is -3.47. The maximum absolute atomic E-state index is 13.1. The molecule has 5 nitrogen and oxygen atoms in total. The molecule has 130 valence electrons. The molecule has 3 aromatic rings. The smallest absolute Gasteiger partial charge is 0.255 e. The van der Waals surface area contributed by atoms with E-state index in [2.05, 4.69) is 10.3 Å². The molecule has 1 aromatic heterocycles. The fourth-order valence-corrected chi connectivity index (χ4v) is 3.22. The lowest BCUT2D eigenvalue weighted by Crippen LogP contribution is -2.37. The number of rotatable bonds is 4. The summed E-state index contributed by atoms with van der Waals surface area (Å²) in [5, 5.41) is 2.82. The van der Waals surface area contributed by atoms with E-state index in [1.54, 1.807) is 35.4 Å². The molecule has 1 aliphatic heterocycles. The summed E-state index contributed by atoms with van der Waals surface area (Å²) in [6.07, 6.45) is 1.62. The predicted octanol–water partition coefficient (Wildman–Crippen LogP) is 3.66. The maximum Gasteiger partial charge on any atom is 0.255 e. The van der Waals surface area contributed by atoms with Gasteiger partial charge in [-0.3, -0.25) is 9.59 Å². The number of carbonyl (C=O) groups excluding carboxylic acids is 2. The average Bonchev–Trinajstić information content (AvgIpc) is 3.00. The summed E-state index contributed by atoms with van der Waals surface area (Å²) in [7, 11) is 0. The van der Waals surface area contributed by atoms with Crippen LogP contribution >= 0.6 is 0 Å². The Labute approximate surface area is 152 Å². The molecule has 0 spiro atoms. The summed E-state index contributed by atoms with van der Waals surface area (Å²) < 4.78 is 0. The van der Waals surface area contributed by atoms with Gasteiger partial charge in [-0.1, -0.05) is 54.6 Å². The molecule has 26 heavy (non-hydrogen) atoms. The van der Waals surface area contributed by atoms with Gasteiger partial charge in [-0.2, -0.15) is 0 Å².